The average molecular weight is 274 g/mol. The molecule has 0 unspecified atom stereocenters. The van der Waals surface area contributed by atoms with Gasteiger partial charge in [0, 0.05) is 19.5 Å². The van der Waals surface area contributed by atoms with E-state index >= 15 is 0 Å². The Hall–Kier alpha value is -0.650. The lowest BCUT2D eigenvalue weighted by Gasteiger charge is -2.07. The highest BCUT2D eigenvalue weighted by Gasteiger charge is 2.01. The predicted molar refractivity (Wildman–Crippen MR) is 77.3 cm³/mol. The standard InChI is InChI=1S/C14H30N2O3/c1-13(2)5-4-7-16-14(17)6-9-18-11-12-19-10-8-15-3/h13,15H,4-12H2,1-3H3,(H,16,17). The SMILES string of the molecule is CNCCOCCOCCC(=O)NCCCC(C)C. The molecule has 5 nitrogen and oxygen atoms in total. The van der Waals surface area contributed by atoms with Gasteiger partial charge in [-0.1, -0.05) is 13.8 Å². The van der Waals surface area contributed by atoms with Crippen LogP contribution in [0.2, 0.25) is 0 Å². The summed E-state index contributed by atoms with van der Waals surface area (Å²) in [5.74, 6) is 0.767. The molecule has 2 N–H and O–H groups in total. The summed E-state index contributed by atoms with van der Waals surface area (Å²) in [5.41, 5.74) is 0. The molecule has 0 saturated heterocycles. The van der Waals surface area contributed by atoms with Crippen molar-refractivity contribution in [2.24, 2.45) is 5.92 Å². The number of hydrogen-bond donors (Lipinski definition) is 2. The Morgan fingerprint density at radius 2 is 1.74 bits per heavy atom. The van der Waals surface area contributed by atoms with Crippen molar-refractivity contribution < 1.29 is 14.3 Å². The highest BCUT2D eigenvalue weighted by atomic mass is 16.5. The van der Waals surface area contributed by atoms with E-state index in [1.807, 2.05) is 7.05 Å². The minimum absolute atomic E-state index is 0.0693. The average Bonchev–Trinajstić information content (AvgIpc) is 2.37. The van der Waals surface area contributed by atoms with Crippen molar-refractivity contribution in [3.05, 3.63) is 0 Å². The molecular weight excluding hydrogens is 244 g/mol. The number of likely N-dealkylation sites (N-methyl/N-ethyl adjacent to an activating group) is 1. The second kappa shape index (κ2) is 13.8. The third kappa shape index (κ3) is 15.3. The van der Waals surface area contributed by atoms with Crippen LogP contribution in [-0.2, 0) is 14.3 Å². The number of rotatable bonds is 13. The molecule has 0 aliphatic heterocycles. The van der Waals surface area contributed by atoms with Crippen molar-refractivity contribution in [3.63, 3.8) is 0 Å². The summed E-state index contributed by atoms with van der Waals surface area (Å²) < 4.78 is 10.6. The minimum atomic E-state index is 0.0693. The van der Waals surface area contributed by atoms with Gasteiger partial charge < -0.3 is 20.1 Å². The van der Waals surface area contributed by atoms with Gasteiger partial charge in [0.25, 0.3) is 0 Å². The Balaban J connectivity index is 3.16. The summed E-state index contributed by atoms with van der Waals surface area (Å²) in [6.45, 7) is 8.27. The van der Waals surface area contributed by atoms with Gasteiger partial charge in [-0.05, 0) is 25.8 Å². The maximum atomic E-state index is 11.4. The molecule has 0 aliphatic carbocycles. The highest BCUT2D eigenvalue weighted by molar-refractivity contribution is 5.75. The molecule has 0 radical (unpaired) electrons. The van der Waals surface area contributed by atoms with Crippen molar-refractivity contribution in [3.8, 4) is 0 Å². The van der Waals surface area contributed by atoms with Crippen molar-refractivity contribution >= 4 is 5.91 Å². The topological polar surface area (TPSA) is 59.6 Å². The molecule has 0 saturated carbocycles. The van der Waals surface area contributed by atoms with E-state index in [1.165, 1.54) is 0 Å². The first-order valence-electron chi connectivity index (χ1n) is 7.23. The summed E-state index contributed by atoms with van der Waals surface area (Å²) in [6.07, 6.45) is 2.63. The molecule has 5 heteroatoms. The zero-order chi connectivity index (χ0) is 14.3. The summed E-state index contributed by atoms with van der Waals surface area (Å²) in [6, 6.07) is 0. The molecule has 0 aromatic heterocycles. The van der Waals surface area contributed by atoms with Gasteiger partial charge in [-0.3, -0.25) is 4.79 Å². The van der Waals surface area contributed by atoms with Crippen LogP contribution in [0.25, 0.3) is 0 Å². The number of nitrogens with one attached hydrogen (secondary N) is 2. The quantitative estimate of drug-likeness (QED) is 0.495. The normalized spacial score (nSPS) is 10.9. The molecule has 0 heterocycles. The molecule has 0 aromatic rings. The third-order valence-electron chi connectivity index (χ3n) is 2.62. The number of ether oxygens (including phenoxy) is 2. The van der Waals surface area contributed by atoms with E-state index in [1.54, 1.807) is 0 Å². The Morgan fingerprint density at radius 1 is 1.05 bits per heavy atom. The van der Waals surface area contributed by atoms with Crippen LogP contribution < -0.4 is 10.6 Å². The van der Waals surface area contributed by atoms with Gasteiger partial charge in [0.2, 0.25) is 5.91 Å². The Labute approximate surface area is 117 Å². The molecule has 19 heavy (non-hydrogen) atoms. The van der Waals surface area contributed by atoms with Gasteiger partial charge >= 0.3 is 0 Å². The van der Waals surface area contributed by atoms with E-state index in [4.69, 9.17) is 9.47 Å². The predicted octanol–water partition coefficient (Wildman–Crippen LogP) is 1.18. The number of hydrogen-bond acceptors (Lipinski definition) is 4. The van der Waals surface area contributed by atoms with E-state index in [0.29, 0.717) is 38.8 Å². The number of amides is 1. The van der Waals surface area contributed by atoms with Gasteiger partial charge in [0.1, 0.15) is 0 Å². The molecule has 0 aliphatic rings. The Bertz CT molecular complexity index is 211. The lowest BCUT2D eigenvalue weighted by molar-refractivity contribution is -0.122. The molecule has 1 amide bonds. The van der Waals surface area contributed by atoms with E-state index in [2.05, 4.69) is 24.5 Å². The van der Waals surface area contributed by atoms with Crippen molar-refractivity contribution in [1.82, 2.24) is 10.6 Å². The maximum absolute atomic E-state index is 11.4. The van der Waals surface area contributed by atoms with E-state index in [-0.39, 0.29) is 5.91 Å². The summed E-state index contributed by atoms with van der Waals surface area (Å²) in [5, 5.41) is 5.90. The van der Waals surface area contributed by atoms with Crippen molar-refractivity contribution in [2.75, 3.05) is 46.6 Å². The highest BCUT2D eigenvalue weighted by Crippen LogP contribution is 2.01. The molecule has 0 fully saturated rings. The third-order valence-corrected chi connectivity index (χ3v) is 2.62. The smallest absolute Gasteiger partial charge is 0.222 e. The Morgan fingerprint density at radius 3 is 2.37 bits per heavy atom. The largest absolute Gasteiger partial charge is 0.379 e. The van der Waals surface area contributed by atoms with Gasteiger partial charge in [-0.25, -0.2) is 0 Å². The summed E-state index contributed by atoms with van der Waals surface area (Å²) >= 11 is 0. The van der Waals surface area contributed by atoms with E-state index in [9.17, 15) is 4.79 Å². The lowest BCUT2D eigenvalue weighted by atomic mass is 10.1. The first-order valence-corrected chi connectivity index (χ1v) is 7.23. The van der Waals surface area contributed by atoms with E-state index < -0.39 is 0 Å². The molecule has 114 valence electrons. The molecule has 0 rings (SSSR count). The van der Waals surface area contributed by atoms with Crippen LogP contribution in [0.1, 0.15) is 33.1 Å². The monoisotopic (exact) mass is 274 g/mol. The van der Waals surface area contributed by atoms with Crippen LogP contribution in [0.5, 0.6) is 0 Å². The van der Waals surface area contributed by atoms with Gasteiger partial charge in [-0.15, -0.1) is 0 Å². The Kier molecular flexibility index (Phi) is 13.3. The van der Waals surface area contributed by atoms with Gasteiger partial charge in [0.05, 0.1) is 26.4 Å². The second-order valence-corrected chi connectivity index (χ2v) is 4.96. The van der Waals surface area contributed by atoms with Crippen LogP contribution in [0, 0.1) is 5.92 Å². The molecule has 0 spiro atoms. The molecule has 0 bridgehead atoms. The lowest BCUT2D eigenvalue weighted by Crippen LogP contribution is -2.26. The maximum Gasteiger partial charge on any atom is 0.222 e. The van der Waals surface area contributed by atoms with Crippen LogP contribution in [0.15, 0.2) is 0 Å². The van der Waals surface area contributed by atoms with Crippen molar-refractivity contribution in [1.29, 1.82) is 0 Å². The van der Waals surface area contributed by atoms with Crippen LogP contribution >= 0.6 is 0 Å². The fourth-order valence-corrected chi connectivity index (χ4v) is 1.49. The molecular formula is C14H30N2O3. The zero-order valence-corrected chi connectivity index (χ0v) is 12.7. The first-order chi connectivity index (χ1) is 9.16. The minimum Gasteiger partial charge on any atom is -0.379 e. The first kappa shape index (κ1) is 18.4. The van der Waals surface area contributed by atoms with Crippen LogP contribution in [0.4, 0.5) is 0 Å². The summed E-state index contributed by atoms with van der Waals surface area (Å²) in [4.78, 5) is 11.4. The number of carbonyl (C=O) groups is 1. The fourth-order valence-electron chi connectivity index (χ4n) is 1.49. The van der Waals surface area contributed by atoms with Gasteiger partial charge in [0.15, 0.2) is 0 Å². The second-order valence-electron chi connectivity index (χ2n) is 4.96. The van der Waals surface area contributed by atoms with Crippen LogP contribution in [-0.4, -0.2) is 52.5 Å². The molecule has 0 atom stereocenters. The fraction of sp³-hybridized carbons (Fsp3) is 0.929. The summed E-state index contributed by atoms with van der Waals surface area (Å²) in [7, 11) is 1.89. The number of carbonyl (C=O) groups excluding carboxylic acids is 1. The van der Waals surface area contributed by atoms with Crippen LogP contribution in [0.3, 0.4) is 0 Å². The van der Waals surface area contributed by atoms with Crippen molar-refractivity contribution in [2.45, 2.75) is 33.1 Å². The van der Waals surface area contributed by atoms with E-state index in [0.717, 1.165) is 25.9 Å². The van der Waals surface area contributed by atoms with Gasteiger partial charge in [-0.2, -0.15) is 0 Å². The molecule has 0 aromatic carbocycles. The zero-order valence-electron chi connectivity index (χ0n) is 12.7.